The Hall–Kier alpha value is -1.50. The molecule has 3 rings (SSSR count). The van der Waals surface area contributed by atoms with Gasteiger partial charge in [-0.3, -0.25) is 4.79 Å². The molecule has 2 unspecified atom stereocenters. The lowest BCUT2D eigenvalue weighted by atomic mass is 10.00. The van der Waals surface area contributed by atoms with E-state index in [4.69, 9.17) is 11.6 Å². The van der Waals surface area contributed by atoms with Crippen molar-refractivity contribution in [2.45, 2.75) is 50.4 Å². The topological polar surface area (TPSA) is 82.3 Å². The van der Waals surface area contributed by atoms with E-state index in [1.54, 1.807) is 12.1 Å². The van der Waals surface area contributed by atoms with Crippen LogP contribution in [0.5, 0.6) is 0 Å². The van der Waals surface area contributed by atoms with Gasteiger partial charge in [0.25, 0.3) is 0 Å². The Morgan fingerprint density at radius 2 is 1.72 bits per heavy atom. The van der Waals surface area contributed by atoms with Crippen LogP contribution < -0.4 is 21.3 Å². The van der Waals surface area contributed by atoms with Gasteiger partial charge in [-0.1, -0.05) is 23.7 Å². The molecule has 8 heteroatoms. The van der Waals surface area contributed by atoms with Crippen LogP contribution in [0.4, 0.5) is 4.79 Å². The number of hydrogen-bond acceptors (Lipinski definition) is 3. The van der Waals surface area contributed by atoms with Gasteiger partial charge in [0, 0.05) is 29.7 Å². The number of benzene rings is 1. The minimum Gasteiger partial charge on any atom is -0.352 e. The van der Waals surface area contributed by atoms with Crippen molar-refractivity contribution in [3.8, 4) is 0 Å². The van der Waals surface area contributed by atoms with Crippen LogP contribution in [0.2, 0.25) is 5.02 Å². The molecule has 3 amide bonds. The number of carbonyl (C=O) groups excluding carboxylic acids is 2. The molecule has 25 heavy (non-hydrogen) atoms. The van der Waals surface area contributed by atoms with Gasteiger partial charge >= 0.3 is 6.03 Å². The Labute approximate surface area is 158 Å². The Morgan fingerprint density at radius 1 is 1.08 bits per heavy atom. The molecular weight excluding hydrogens is 363 g/mol. The summed E-state index contributed by atoms with van der Waals surface area (Å²) in [5, 5.41) is 12.5. The molecule has 2 heterocycles. The Morgan fingerprint density at radius 3 is 2.36 bits per heavy atom. The van der Waals surface area contributed by atoms with Crippen LogP contribution in [0.3, 0.4) is 0 Å². The quantitative estimate of drug-likeness (QED) is 0.624. The van der Waals surface area contributed by atoms with Gasteiger partial charge in [-0.25, -0.2) is 4.79 Å². The molecule has 0 saturated carbocycles. The van der Waals surface area contributed by atoms with Crippen LogP contribution >= 0.6 is 24.0 Å². The second-order valence-electron chi connectivity index (χ2n) is 6.54. The highest BCUT2D eigenvalue weighted by atomic mass is 35.5. The number of fused-ring (bicyclic) bond motifs is 2. The summed E-state index contributed by atoms with van der Waals surface area (Å²) in [5.74, 6) is -0.136. The van der Waals surface area contributed by atoms with Crippen LogP contribution in [0.1, 0.15) is 31.2 Å². The third-order valence-electron chi connectivity index (χ3n) is 4.61. The molecule has 2 bridgehead atoms. The summed E-state index contributed by atoms with van der Waals surface area (Å²) >= 11 is 5.81. The van der Waals surface area contributed by atoms with Crippen molar-refractivity contribution < 1.29 is 9.59 Å². The molecule has 2 saturated heterocycles. The smallest absolute Gasteiger partial charge is 0.315 e. The van der Waals surface area contributed by atoms with Crippen molar-refractivity contribution in [1.29, 1.82) is 0 Å². The largest absolute Gasteiger partial charge is 0.352 e. The van der Waals surface area contributed by atoms with Gasteiger partial charge in [0.1, 0.15) is 0 Å². The van der Waals surface area contributed by atoms with E-state index in [0.717, 1.165) is 18.4 Å². The molecule has 138 valence electrons. The fourth-order valence-electron chi connectivity index (χ4n) is 3.46. The highest BCUT2D eigenvalue weighted by molar-refractivity contribution is 6.30. The molecule has 6 nitrogen and oxygen atoms in total. The summed E-state index contributed by atoms with van der Waals surface area (Å²) in [6.45, 7) is 0.383. The van der Waals surface area contributed by atoms with E-state index in [1.807, 2.05) is 12.1 Å². The van der Waals surface area contributed by atoms with Crippen LogP contribution in [-0.4, -0.2) is 36.6 Å². The lowest BCUT2D eigenvalue weighted by Crippen LogP contribution is -2.50. The Balaban J connectivity index is 0.00000225. The standard InChI is InChI=1S/C17H23ClN4O2.ClH/c18-12-3-1-11(2-4-12)9-19-17(24)20-10-16(23)22-15-7-13-5-6-14(8-15)21-13;/h1-4,13-15,21H,5-10H2,(H,22,23)(H2,19,20,24);1H. The summed E-state index contributed by atoms with van der Waals surface area (Å²) < 4.78 is 0. The molecule has 2 fully saturated rings. The normalized spacial score (nSPS) is 24.1. The number of hydrogen-bond donors (Lipinski definition) is 4. The SMILES string of the molecule is Cl.O=C(CNC(=O)NCc1ccc(Cl)cc1)NC1CC2CCC(C1)N2. The fourth-order valence-corrected chi connectivity index (χ4v) is 3.59. The maximum Gasteiger partial charge on any atom is 0.315 e. The molecule has 0 radical (unpaired) electrons. The van der Waals surface area contributed by atoms with Gasteiger partial charge < -0.3 is 21.3 Å². The highest BCUT2D eigenvalue weighted by Crippen LogP contribution is 2.26. The number of urea groups is 1. The maximum absolute atomic E-state index is 12.0. The Kier molecular flexibility index (Phi) is 7.35. The molecular formula is C17H24Cl2N4O2. The number of carbonyl (C=O) groups is 2. The zero-order chi connectivity index (χ0) is 16.9. The second kappa shape index (κ2) is 9.27. The average Bonchev–Trinajstić information content (AvgIpc) is 2.91. The van der Waals surface area contributed by atoms with Crippen LogP contribution in [0.25, 0.3) is 0 Å². The van der Waals surface area contributed by atoms with Crippen molar-refractivity contribution >= 4 is 35.9 Å². The van der Waals surface area contributed by atoms with Crippen LogP contribution in [0.15, 0.2) is 24.3 Å². The summed E-state index contributed by atoms with van der Waals surface area (Å²) in [6.07, 6.45) is 4.35. The minimum absolute atomic E-state index is 0. The van der Waals surface area contributed by atoms with E-state index in [1.165, 1.54) is 12.8 Å². The highest BCUT2D eigenvalue weighted by Gasteiger charge is 2.33. The van der Waals surface area contributed by atoms with Gasteiger partial charge in [0.2, 0.25) is 5.91 Å². The number of nitrogens with one attached hydrogen (secondary N) is 4. The average molecular weight is 387 g/mol. The molecule has 2 atom stereocenters. The van der Waals surface area contributed by atoms with Crippen molar-refractivity contribution in [3.63, 3.8) is 0 Å². The third-order valence-corrected chi connectivity index (χ3v) is 4.87. The van der Waals surface area contributed by atoms with Gasteiger partial charge in [-0.2, -0.15) is 0 Å². The summed E-state index contributed by atoms with van der Waals surface area (Å²) in [4.78, 5) is 23.7. The molecule has 0 spiro atoms. The van der Waals surface area contributed by atoms with E-state index in [-0.39, 0.29) is 36.9 Å². The first kappa shape index (κ1) is 19.8. The van der Waals surface area contributed by atoms with Crippen molar-refractivity contribution in [3.05, 3.63) is 34.9 Å². The first-order valence-electron chi connectivity index (χ1n) is 8.40. The third kappa shape index (κ3) is 6.06. The monoisotopic (exact) mass is 386 g/mol. The van der Waals surface area contributed by atoms with E-state index in [2.05, 4.69) is 21.3 Å². The molecule has 1 aromatic carbocycles. The first-order chi connectivity index (χ1) is 11.6. The van der Waals surface area contributed by atoms with Gasteiger partial charge in [-0.05, 0) is 43.4 Å². The predicted molar refractivity (Wildman–Crippen MR) is 100 cm³/mol. The van der Waals surface area contributed by atoms with E-state index in [0.29, 0.717) is 23.7 Å². The van der Waals surface area contributed by atoms with E-state index >= 15 is 0 Å². The maximum atomic E-state index is 12.0. The van der Waals surface area contributed by atoms with Crippen LogP contribution in [0, 0.1) is 0 Å². The number of rotatable bonds is 5. The zero-order valence-corrected chi connectivity index (χ0v) is 15.5. The van der Waals surface area contributed by atoms with E-state index < -0.39 is 0 Å². The molecule has 2 aliphatic heterocycles. The fraction of sp³-hybridized carbons (Fsp3) is 0.529. The molecule has 0 aliphatic carbocycles. The summed E-state index contributed by atoms with van der Waals surface area (Å²) in [7, 11) is 0. The molecule has 1 aromatic rings. The van der Waals surface area contributed by atoms with Gasteiger partial charge in [0.05, 0.1) is 6.54 Å². The number of amides is 3. The van der Waals surface area contributed by atoms with Crippen molar-refractivity contribution in [1.82, 2.24) is 21.3 Å². The molecule has 2 aliphatic rings. The molecule has 4 N–H and O–H groups in total. The zero-order valence-electron chi connectivity index (χ0n) is 13.9. The summed E-state index contributed by atoms with van der Waals surface area (Å²) in [5.41, 5.74) is 0.948. The number of halogens is 2. The van der Waals surface area contributed by atoms with Crippen molar-refractivity contribution in [2.75, 3.05) is 6.54 Å². The summed E-state index contributed by atoms with van der Waals surface area (Å²) in [6, 6.07) is 8.17. The Bertz CT molecular complexity index is 585. The number of piperidine rings is 1. The van der Waals surface area contributed by atoms with E-state index in [9.17, 15) is 9.59 Å². The lowest BCUT2D eigenvalue weighted by molar-refractivity contribution is -0.121. The molecule has 0 aromatic heterocycles. The van der Waals surface area contributed by atoms with Gasteiger partial charge in [-0.15, -0.1) is 12.4 Å². The minimum atomic E-state index is -0.356. The van der Waals surface area contributed by atoms with Crippen LogP contribution in [-0.2, 0) is 11.3 Å². The van der Waals surface area contributed by atoms with Gasteiger partial charge in [0.15, 0.2) is 0 Å². The second-order valence-corrected chi connectivity index (χ2v) is 6.97. The van der Waals surface area contributed by atoms with Crippen molar-refractivity contribution in [2.24, 2.45) is 0 Å². The first-order valence-corrected chi connectivity index (χ1v) is 8.78. The predicted octanol–water partition coefficient (Wildman–Crippen LogP) is 1.96. The lowest BCUT2D eigenvalue weighted by Gasteiger charge is -2.29.